The van der Waals surface area contributed by atoms with Gasteiger partial charge in [-0.05, 0) is 44.4 Å². The van der Waals surface area contributed by atoms with Gasteiger partial charge < -0.3 is 9.64 Å². The Bertz CT molecular complexity index is 381. The Morgan fingerprint density at radius 1 is 1.09 bits per heavy atom. The van der Waals surface area contributed by atoms with Crippen LogP contribution in [0.4, 0.5) is 0 Å². The van der Waals surface area contributed by atoms with Crippen LogP contribution in [0, 0.1) is 0 Å². The average Bonchev–Trinajstić information content (AvgIpc) is 2.52. The zero-order chi connectivity index (χ0) is 17.5. The van der Waals surface area contributed by atoms with E-state index in [2.05, 4.69) is 20.4 Å². The zero-order valence-corrected chi connectivity index (χ0v) is 15.7. The van der Waals surface area contributed by atoms with Crippen LogP contribution in [0.5, 0.6) is 0 Å². The number of ether oxygens (including phenoxy) is 1. The minimum atomic E-state index is 0.0307. The first-order valence-corrected chi connectivity index (χ1v) is 8.35. The lowest BCUT2D eigenvalue weighted by molar-refractivity contribution is -0.126. The second kappa shape index (κ2) is 14.4. The summed E-state index contributed by atoms with van der Waals surface area (Å²) in [5.41, 5.74) is 1.50. The molecular formula is C19H35NO2. The third kappa shape index (κ3) is 10.3. The lowest BCUT2D eigenvalue weighted by atomic mass is 10.1. The fraction of sp³-hybridized carbons (Fsp3) is 0.632. The summed E-state index contributed by atoms with van der Waals surface area (Å²) in [4.78, 5) is 14.3. The summed E-state index contributed by atoms with van der Waals surface area (Å²) in [6, 6.07) is 0. The molecule has 0 aliphatic carbocycles. The van der Waals surface area contributed by atoms with Crippen molar-refractivity contribution in [1.82, 2.24) is 4.90 Å². The molecule has 0 aromatic rings. The number of unbranched alkanes of at least 4 members (excludes halogenated alkanes) is 1. The van der Waals surface area contributed by atoms with Crippen LogP contribution in [0.1, 0.15) is 60.8 Å². The van der Waals surface area contributed by atoms with E-state index < -0.39 is 0 Å². The summed E-state index contributed by atoms with van der Waals surface area (Å²) in [5.74, 6) is 0.846. The first-order valence-electron chi connectivity index (χ1n) is 8.35. The van der Waals surface area contributed by atoms with Crippen molar-refractivity contribution >= 4 is 5.91 Å². The van der Waals surface area contributed by atoms with Crippen LogP contribution in [0.3, 0.4) is 0 Å². The van der Waals surface area contributed by atoms with Crippen molar-refractivity contribution in [1.29, 1.82) is 0 Å². The van der Waals surface area contributed by atoms with Gasteiger partial charge in [0, 0.05) is 18.7 Å². The number of carbonyl (C=O) groups is 1. The molecule has 0 aromatic carbocycles. The minimum Gasteiger partial charge on any atom is -0.501 e. The molecule has 0 rings (SSSR count). The van der Waals surface area contributed by atoms with Gasteiger partial charge in [0.1, 0.15) is 0 Å². The van der Waals surface area contributed by atoms with Crippen LogP contribution in [-0.2, 0) is 9.53 Å². The number of methoxy groups -OCH3 is 1. The number of hydrogen-bond acceptors (Lipinski definition) is 2. The summed E-state index contributed by atoms with van der Waals surface area (Å²) >= 11 is 0. The van der Waals surface area contributed by atoms with E-state index in [1.807, 2.05) is 44.7 Å². The molecule has 0 bridgehead atoms. The molecule has 0 aliphatic rings. The molecule has 0 heterocycles. The topological polar surface area (TPSA) is 29.5 Å². The van der Waals surface area contributed by atoms with Crippen molar-refractivity contribution in [2.75, 3.05) is 20.2 Å². The van der Waals surface area contributed by atoms with Crippen LogP contribution in [-0.4, -0.2) is 31.0 Å². The summed E-state index contributed by atoms with van der Waals surface area (Å²) in [7, 11) is 1.63. The first-order chi connectivity index (χ1) is 10.5. The Morgan fingerprint density at radius 3 is 2.14 bits per heavy atom. The predicted octanol–water partition coefficient (Wildman–Crippen LogP) is 5.10. The third-order valence-electron chi connectivity index (χ3n) is 2.99. The normalized spacial score (nSPS) is 11.4. The highest BCUT2D eigenvalue weighted by molar-refractivity contribution is 5.95. The van der Waals surface area contributed by atoms with E-state index in [0.717, 1.165) is 43.7 Å². The number of carbonyl (C=O) groups excluding carboxylic acids is 1. The molecule has 0 aromatic heterocycles. The number of amides is 1. The largest absolute Gasteiger partial charge is 0.501 e. The zero-order valence-electron chi connectivity index (χ0n) is 15.7. The molecule has 0 N–H and O–H groups in total. The van der Waals surface area contributed by atoms with E-state index in [1.54, 1.807) is 7.11 Å². The van der Waals surface area contributed by atoms with Gasteiger partial charge in [0.25, 0.3) is 5.91 Å². The molecule has 0 radical (unpaired) electrons. The van der Waals surface area contributed by atoms with Crippen molar-refractivity contribution in [3.63, 3.8) is 0 Å². The molecule has 3 heteroatoms. The molecule has 128 valence electrons. The molecule has 1 amide bonds. The number of hydrogen-bond donors (Lipinski definition) is 0. The predicted molar refractivity (Wildman–Crippen MR) is 96.8 cm³/mol. The second-order valence-corrected chi connectivity index (χ2v) is 5.02. The van der Waals surface area contributed by atoms with Gasteiger partial charge in [-0.1, -0.05) is 40.7 Å². The van der Waals surface area contributed by atoms with E-state index in [9.17, 15) is 4.79 Å². The first kappa shape index (κ1) is 22.8. The number of allylic oxidation sites excluding steroid dienone is 3. The van der Waals surface area contributed by atoms with Crippen molar-refractivity contribution in [3.05, 3.63) is 35.6 Å². The van der Waals surface area contributed by atoms with Crippen molar-refractivity contribution < 1.29 is 9.53 Å². The second-order valence-electron chi connectivity index (χ2n) is 5.02. The summed E-state index contributed by atoms with van der Waals surface area (Å²) in [5, 5.41) is 0. The Kier molecular flexibility index (Phi) is 14.9. The standard InChI is InChI=1S/C17H29NO2.C2H6/c1-7-9-11-18(10-8-2)17(19)15(4)12-14(3)13-16(5)20-6;1-2/h12-13H,4,7-11H2,1-3,5-6H3;1-2H3/b14-12-,16-13+;. The smallest absolute Gasteiger partial charge is 0.253 e. The molecule has 22 heavy (non-hydrogen) atoms. The van der Waals surface area contributed by atoms with Gasteiger partial charge in [0.05, 0.1) is 12.9 Å². The molecule has 0 fully saturated rings. The van der Waals surface area contributed by atoms with Crippen molar-refractivity contribution in [2.45, 2.75) is 60.8 Å². The quantitative estimate of drug-likeness (QED) is 0.337. The fourth-order valence-corrected chi connectivity index (χ4v) is 1.89. The van der Waals surface area contributed by atoms with Gasteiger partial charge in [0.15, 0.2) is 0 Å². The molecule has 0 unspecified atom stereocenters. The Labute approximate surface area is 137 Å². The van der Waals surface area contributed by atoms with Crippen molar-refractivity contribution in [3.8, 4) is 0 Å². The van der Waals surface area contributed by atoms with Gasteiger partial charge in [-0.25, -0.2) is 0 Å². The minimum absolute atomic E-state index is 0.0307. The lowest BCUT2D eigenvalue weighted by Gasteiger charge is -2.22. The van der Waals surface area contributed by atoms with E-state index in [0.29, 0.717) is 5.57 Å². The summed E-state index contributed by atoms with van der Waals surface area (Å²) in [6.07, 6.45) is 6.80. The van der Waals surface area contributed by atoms with Gasteiger partial charge in [-0.15, -0.1) is 0 Å². The van der Waals surface area contributed by atoms with E-state index in [1.165, 1.54) is 0 Å². The highest BCUT2D eigenvalue weighted by atomic mass is 16.5. The van der Waals surface area contributed by atoms with Crippen molar-refractivity contribution in [2.24, 2.45) is 0 Å². The van der Waals surface area contributed by atoms with Gasteiger partial charge in [-0.2, -0.15) is 0 Å². The maximum absolute atomic E-state index is 12.4. The number of nitrogens with zero attached hydrogens (tertiary/aromatic N) is 1. The maximum Gasteiger partial charge on any atom is 0.253 e. The monoisotopic (exact) mass is 309 g/mol. The highest BCUT2D eigenvalue weighted by Gasteiger charge is 2.13. The van der Waals surface area contributed by atoms with Gasteiger partial charge in [0.2, 0.25) is 0 Å². The van der Waals surface area contributed by atoms with E-state index in [-0.39, 0.29) is 5.91 Å². The van der Waals surface area contributed by atoms with Gasteiger partial charge in [-0.3, -0.25) is 4.79 Å². The number of rotatable bonds is 9. The van der Waals surface area contributed by atoms with E-state index in [4.69, 9.17) is 4.74 Å². The third-order valence-corrected chi connectivity index (χ3v) is 2.99. The molecule has 3 nitrogen and oxygen atoms in total. The highest BCUT2D eigenvalue weighted by Crippen LogP contribution is 2.10. The molecule has 0 aliphatic heterocycles. The Balaban J connectivity index is 0. The Morgan fingerprint density at radius 2 is 1.68 bits per heavy atom. The summed E-state index contributed by atoms with van der Waals surface area (Å²) in [6.45, 7) is 17.5. The lowest BCUT2D eigenvalue weighted by Crippen LogP contribution is -2.33. The maximum atomic E-state index is 12.4. The molecule has 0 saturated heterocycles. The van der Waals surface area contributed by atoms with Gasteiger partial charge >= 0.3 is 0 Å². The summed E-state index contributed by atoms with van der Waals surface area (Å²) < 4.78 is 5.10. The molecular weight excluding hydrogens is 274 g/mol. The average molecular weight is 309 g/mol. The Hall–Kier alpha value is -1.51. The van der Waals surface area contributed by atoms with Crippen LogP contribution >= 0.6 is 0 Å². The molecule has 0 spiro atoms. The SMILES string of the molecule is C=C(/C=C(C)\C=C(/C)OC)C(=O)N(CCC)CCCC.CC. The van der Waals surface area contributed by atoms with Crippen LogP contribution < -0.4 is 0 Å². The van der Waals surface area contributed by atoms with E-state index >= 15 is 0 Å². The molecule has 0 atom stereocenters. The van der Waals surface area contributed by atoms with Crippen LogP contribution in [0.25, 0.3) is 0 Å². The molecule has 0 saturated carbocycles. The van der Waals surface area contributed by atoms with Crippen LogP contribution in [0.2, 0.25) is 0 Å². The fourth-order valence-electron chi connectivity index (χ4n) is 1.89. The van der Waals surface area contributed by atoms with Crippen LogP contribution in [0.15, 0.2) is 35.6 Å².